The van der Waals surface area contributed by atoms with Crippen LogP contribution in [-0.2, 0) is 4.74 Å². The lowest BCUT2D eigenvalue weighted by Crippen LogP contribution is -2.59. The molecule has 0 spiro atoms. The molecule has 16 heavy (non-hydrogen) atoms. The molecule has 0 aliphatic carbocycles. The lowest BCUT2D eigenvalue weighted by Gasteiger charge is -2.42. The van der Waals surface area contributed by atoms with Crippen molar-refractivity contribution >= 4 is 0 Å². The Labute approximate surface area is 94.1 Å². The van der Waals surface area contributed by atoms with Crippen molar-refractivity contribution < 1.29 is 25.2 Å². The van der Waals surface area contributed by atoms with E-state index in [0.717, 1.165) is 0 Å². The molecular formula is C10H19NO5. The predicted molar refractivity (Wildman–Crippen MR) is 54.6 cm³/mol. The summed E-state index contributed by atoms with van der Waals surface area (Å²) in [6.45, 7) is 2.44. The summed E-state index contributed by atoms with van der Waals surface area (Å²) in [5.74, 6) is 0. The number of aliphatic hydroxyl groups excluding tert-OH is 4. The molecule has 2 saturated heterocycles. The van der Waals surface area contributed by atoms with Crippen molar-refractivity contribution in [1.82, 2.24) is 4.90 Å². The van der Waals surface area contributed by atoms with Crippen molar-refractivity contribution in [3.63, 3.8) is 0 Å². The molecule has 4 N–H and O–H groups in total. The highest BCUT2D eigenvalue weighted by atomic mass is 16.5. The van der Waals surface area contributed by atoms with E-state index in [1.807, 2.05) is 6.92 Å². The molecule has 2 unspecified atom stereocenters. The molecule has 6 nitrogen and oxygen atoms in total. The zero-order chi connectivity index (χ0) is 11.9. The summed E-state index contributed by atoms with van der Waals surface area (Å²) in [7, 11) is 0. The van der Waals surface area contributed by atoms with Gasteiger partial charge in [-0.15, -0.1) is 0 Å². The smallest absolute Gasteiger partial charge is 0.110 e. The third kappa shape index (κ3) is 1.85. The van der Waals surface area contributed by atoms with Gasteiger partial charge in [0.2, 0.25) is 0 Å². The van der Waals surface area contributed by atoms with Crippen LogP contribution in [0.3, 0.4) is 0 Å². The van der Waals surface area contributed by atoms with E-state index in [0.29, 0.717) is 13.0 Å². The molecule has 0 bridgehead atoms. The van der Waals surface area contributed by atoms with E-state index in [1.165, 1.54) is 4.90 Å². The zero-order valence-electron chi connectivity index (χ0n) is 9.23. The molecule has 2 rings (SSSR count). The van der Waals surface area contributed by atoms with Gasteiger partial charge in [-0.25, -0.2) is 0 Å². The van der Waals surface area contributed by atoms with E-state index in [2.05, 4.69) is 0 Å². The second-order valence-electron chi connectivity index (χ2n) is 4.45. The minimum atomic E-state index is -1.03. The summed E-state index contributed by atoms with van der Waals surface area (Å²) in [4.78, 5) is 1.54. The Hall–Kier alpha value is -0.240. The molecule has 0 aromatic carbocycles. The number of aliphatic hydroxyl groups is 4. The second kappa shape index (κ2) is 4.56. The topological polar surface area (TPSA) is 93.4 Å². The zero-order valence-corrected chi connectivity index (χ0v) is 9.23. The van der Waals surface area contributed by atoms with E-state index in [1.54, 1.807) is 0 Å². The Morgan fingerprint density at radius 3 is 2.50 bits per heavy atom. The molecule has 0 radical (unpaired) electrons. The van der Waals surface area contributed by atoms with Gasteiger partial charge in [-0.3, -0.25) is 4.90 Å². The van der Waals surface area contributed by atoms with Crippen molar-refractivity contribution in [3.05, 3.63) is 0 Å². The number of hydrogen-bond donors (Lipinski definition) is 4. The van der Waals surface area contributed by atoms with E-state index in [-0.39, 0.29) is 6.54 Å². The van der Waals surface area contributed by atoms with Crippen LogP contribution in [-0.4, -0.2) is 75.2 Å². The molecule has 2 fully saturated rings. The summed E-state index contributed by atoms with van der Waals surface area (Å²) in [5, 5.41) is 39.1. The Morgan fingerprint density at radius 1 is 1.19 bits per heavy atom. The van der Waals surface area contributed by atoms with Gasteiger partial charge >= 0.3 is 0 Å². The van der Waals surface area contributed by atoms with Crippen LogP contribution in [0.25, 0.3) is 0 Å². The summed E-state index contributed by atoms with van der Waals surface area (Å²) >= 11 is 0. The average molecular weight is 233 g/mol. The first kappa shape index (κ1) is 12.2. The van der Waals surface area contributed by atoms with Gasteiger partial charge in [0.25, 0.3) is 0 Å². The Kier molecular flexibility index (Phi) is 3.48. The van der Waals surface area contributed by atoms with Gasteiger partial charge in [0.15, 0.2) is 0 Å². The van der Waals surface area contributed by atoms with Crippen LogP contribution in [0.4, 0.5) is 0 Å². The van der Waals surface area contributed by atoms with Crippen molar-refractivity contribution in [3.8, 4) is 0 Å². The lowest BCUT2D eigenvalue weighted by atomic mass is 9.93. The van der Waals surface area contributed by atoms with Gasteiger partial charge in [-0.1, -0.05) is 0 Å². The van der Waals surface area contributed by atoms with E-state index in [9.17, 15) is 20.4 Å². The molecule has 2 aliphatic rings. The fourth-order valence-corrected chi connectivity index (χ4v) is 2.67. The third-order valence-electron chi connectivity index (χ3n) is 3.46. The van der Waals surface area contributed by atoms with Crippen LogP contribution in [0, 0.1) is 0 Å². The van der Waals surface area contributed by atoms with Crippen molar-refractivity contribution in [1.29, 1.82) is 0 Å². The second-order valence-corrected chi connectivity index (χ2v) is 4.45. The van der Waals surface area contributed by atoms with Gasteiger partial charge < -0.3 is 25.2 Å². The number of rotatable bonds is 2. The minimum absolute atomic E-state index is 0.183. The van der Waals surface area contributed by atoms with Gasteiger partial charge in [0.05, 0.1) is 30.5 Å². The van der Waals surface area contributed by atoms with Crippen molar-refractivity contribution in [2.45, 2.75) is 50.0 Å². The molecule has 2 heterocycles. The molecule has 6 atom stereocenters. The Balaban J connectivity index is 2.14. The minimum Gasteiger partial charge on any atom is -0.389 e. The number of ether oxygens (including phenoxy) is 1. The van der Waals surface area contributed by atoms with Crippen LogP contribution in [0.1, 0.15) is 13.3 Å². The molecule has 0 aromatic heterocycles. The molecule has 2 aliphatic heterocycles. The number of nitrogens with zero attached hydrogens (tertiary/aromatic N) is 1. The summed E-state index contributed by atoms with van der Waals surface area (Å²) in [6.07, 6.45) is -3.80. The van der Waals surface area contributed by atoms with Crippen molar-refractivity contribution in [2.24, 2.45) is 0 Å². The first-order chi connectivity index (χ1) is 7.56. The molecule has 0 aromatic rings. The highest BCUT2D eigenvalue weighted by molar-refractivity contribution is 5.03. The number of piperidine rings is 1. The summed E-state index contributed by atoms with van der Waals surface area (Å²) < 4.78 is 5.33. The average Bonchev–Trinajstić information content (AvgIpc) is 2.53. The highest BCUT2D eigenvalue weighted by Gasteiger charge is 2.52. The molecular weight excluding hydrogens is 214 g/mol. The highest BCUT2D eigenvalue weighted by Crippen LogP contribution is 2.32. The quantitative estimate of drug-likeness (QED) is 0.436. The number of fused-ring (bicyclic) bond motifs is 1. The number of hydrogen-bond acceptors (Lipinski definition) is 6. The Morgan fingerprint density at radius 2 is 1.88 bits per heavy atom. The predicted octanol–water partition coefficient (Wildman–Crippen LogP) is -2.12. The normalized spacial score (nSPS) is 49.3. The maximum Gasteiger partial charge on any atom is 0.110 e. The van der Waals surface area contributed by atoms with Crippen LogP contribution in [0.5, 0.6) is 0 Å². The maximum atomic E-state index is 10.0. The van der Waals surface area contributed by atoms with Crippen LogP contribution in [0.2, 0.25) is 0 Å². The monoisotopic (exact) mass is 233 g/mol. The van der Waals surface area contributed by atoms with Crippen LogP contribution in [0.15, 0.2) is 0 Å². The molecule has 6 heteroatoms. The first-order valence-electron chi connectivity index (χ1n) is 5.65. The fourth-order valence-electron chi connectivity index (χ4n) is 2.67. The van der Waals surface area contributed by atoms with E-state index in [4.69, 9.17) is 4.74 Å². The Bertz CT molecular complexity index is 251. The van der Waals surface area contributed by atoms with Gasteiger partial charge in [0, 0.05) is 19.6 Å². The molecule has 0 saturated carbocycles. The standard InChI is InChI=1S/C10H19NO5/c1-2-16-6-3-7(13)11-4-5(12)9(14)8(11)10(6)15/h5-10,12-15H,2-4H2,1H3/t5-,6?,7?,8-,9-,10+/m1/s1. The fraction of sp³-hybridized carbons (Fsp3) is 1.00. The third-order valence-corrected chi connectivity index (χ3v) is 3.46. The van der Waals surface area contributed by atoms with Gasteiger partial charge in [0.1, 0.15) is 6.23 Å². The first-order valence-corrected chi connectivity index (χ1v) is 5.65. The summed E-state index contributed by atoms with van der Waals surface area (Å²) in [5.41, 5.74) is 0. The lowest BCUT2D eigenvalue weighted by molar-refractivity contribution is -0.171. The largest absolute Gasteiger partial charge is 0.389 e. The summed E-state index contributed by atoms with van der Waals surface area (Å²) in [6, 6.07) is -0.643. The van der Waals surface area contributed by atoms with Crippen LogP contribution < -0.4 is 0 Å². The van der Waals surface area contributed by atoms with Gasteiger partial charge in [-0.05, 0) is 6.92 Å². The molecule has 94 valence electrons. The van der Waals surface area contributed by atoms with Crippen molar-refractivity contribution in [2.75, 3.05) is 13.2 Å². The van der Waals surface area contributed by atoms with E-state index < -0.39 is 36.7 Å². The van der Waals surface area contributed by atoms with E-state index >= 15 is 0 Å². The van der Waals surface area contributed by atoms with Gasteiger partial charge in [-0.2, -0.15) is 0 Å². The molecule has 0 amide bonds. The maximum absolute atomic E-state index is 10.0. The SMILES string of the molecule is CCOC1CC(O)N2C[C@@H](O)[C@@H](O)[C@@H]2[C@H]1O. The van der Waals surface area contributed by atoms with Crippen LogP contribution >= 0.6 is 0 Å².